The van der Waals surface area contributed by atoms with Gasteiger partial charge in [-0.3, -0.25) is 24.5 Å². The van der Waals surface area contributed by atoms with E-state index in [9.17, 15) is 28.9 Å². The number of carbonyl (C=O) groups excluding carboxylic acids is 3. The van der Waals surface area contributed by atoms with Gasteiger partial charge in [-0.2, -0.15) is 0 Å². The average Bonchev–Trinajstić information content (AvgIpc) is 2.83. The van der Waals surface area contributed by atoms with Gasteiger partial charge in [0.05, 0.1) is 17.1 Å². The maximum absolute atomic E-state index is 13.0. The Labute approximate surface area is 165 Å². The van der Waals surface area contributed by atoms with Gasteiger partial charge in [-0.1, -0.05) is 18.5 Å². The molecule has 0 heterocycles. The van der Waals surface area contributed by atoms with Crippen LogP contribution in [0.25, 0.3) is 0 Å². The first-order valence-corrected chi connectivity index (χ1v) is 9.06. The lowest BCUT2D eigenvalue weighted by Crippen LogP contribution is -2.32. The zero-order valence-electron chi connectivity index (χ0n) is 15.3. The third-order valence-electron chi connectivity index (χ3n) is 4.80. The summed E-state index contributed by atoms with van der Waals surface area (Å²) in [6.45, 7) is 2.67. The molecule has 0 radical (unpaired) electrons. The smallest absolute Gasteiger partial charge is 0.307 e. The molecule has 1 aromatic carbocycles. The summed E-state index contributed by atoms with van der Waals surface area (Å²) >= 11 is 5.83. The zero-order chi connectivity index (χ0) is 21.0. The number of hydrogen-bond acceptors (Lipinski definition) is 6. The number of amides is 1. The summed E-state index contributed by atoms with van der Waals surface area (Å²) in [5.41, 5.74) is 0.154. The van der Waals surface area contributed by atoms with Gasteiger partial charge in [-0.25, -0.2) is 4.39 Å². The number of nitrogens with zero attached hydrogens (tertiary/aromatic N) is 1. The molecule has 0 saturated heterocycles. The second-order valence-corrected chi connectivity index (χ2v) is 7.29. The highest BCUT2D eigenvalue weighted by Crippen LogP contribution is 2.36. The van der Waals surface area contributed by atoms with Gasteiger partial charge < -0.3 is 10.1 Å². The fourth-order valence-electron chi connectivity index (χ4n) is 3.30. The molecule has 8 nitrogen and oxygen atoms in total. The number of benzene rings is 1. The molecule has 0 bridgehead atoms. The molecule has 0 unspecified atom stereocenters. The molecule has 28 heavy (non-hydrogen) atoms. The van der Waals surface area contributed by atoms with Crippen LogP contribution in [0.5, 0.6) is 0 Å². The number of hydrogen-bond donors (Lipinski definition) is 1. The quantitative estimate of drug-likeness (QED) is 0.416. The van der Waals surface area contributed by atoms with Crippen LogP contribution in [0.4, 0.5) is 10.1 Å². The van der Waals surface area contributed by atoms with Crippen LogP contribution in [0, 0.1) is 33.7 Å². The third kappa shape index (κ3) is 5.48. The molecule has 0 spiro atoms. The molecular formula is C18H20ClFN2O6. The molecule has 0 aliphatic heterocycles. The third-order valence-corrected chi connectivity index (χ3v) is 5.11. The average molecular weight is 415 g/mol. The minimum Gasteiger partial charge on any atom is -0.453 e. The first-order chi connectivity index (χ1) is 13.1. The van der Waals surface area contributed by atoms with Crippen molar-refractivity contribution in [1.82, 2.24) is 0 Å². The summed E-state index contributed by atoms with van der Waals surface area (Å²) in [7, 11) is 0. The van der Waals surface area contributed by atoms with Crippen molar-refractivity contribution in [3.63, 3.8) is 0 Å². The van der Waals surface area contributed by atoms with E-state index in [2.05, 4.69) is 5.32 Å². The van der Waals surface area contributed by atoms with E-state index in [0.29, 0.717) is 0 Å². The molecule has 1 fully saturated rings. The molecule has 2 rings (SSSR count). The van der Waals surface area contributed by atoms with Gasteiger partial charge in [0.2, 0.25) is 6.54 Å². The Morgan fingerprint density at radius 2 is 2.14 bits per heavy atom. The van der Waals surface area contributed by atoms with Crippen molar-refractivity contribution in [2.45, 2.75) is 32.8 Å². The van der Waals surface area contributed by atoms with Gasteiger partial charge in [-0.15, -0.1) is 0 Å². The number of ether oxygens (including phenoxy) is 1. The molecule has 1 aromatic rings. The Bertz CT molecular complexity index is 802. The SMILES string of the molecule is C[C@H](OC(=O)C[C@@H]1C(=O)C[C@H](C)[C@H]1C[N+](=O)[O-])C(=O)Nc1ccc(F)cc1Cl. The van der Waals surface area contributed by atoms with E-state index in [1.807, 2.05) is 0 Å². The molecule has 4 atom stereocenters. The van der Waals surface area contributed by atoms with E-state index in [1.54, 1.807) is 6.92 Å². The first kappa shape index (κ1) is 21.7. The van der Waals surface area contributed by atoms with Crippen molar-refractivity contribution < 1.29 is 28.4 Å². The topological polar surface area (TPSA) is 116 Å². The van der Waals surface area contributed by atoms with E-state index >= 15 is 0 Å². The lowest BCUT2D eigenvalue weighted by Gasteiger charge is -2.19. The predicted molar refractivity (Wildman–Crippen MR) is 97.8 cm³/mol. The van der Waals surface area contributed by atoms with Crippen LogP contribution in [0.15, 0.2) is 18.2 Å². The van der Waals surface area contributed by atoms with Gasteiger partial charge in [0.1, 0.15) is 11.6 Å². The molecule has 152 valence electrons. The van der Waals surface area contributed by atoms with Crippen molar-refractivity contribution in [2.24, 2.45) is 17.8 Å². The van der Waals surface area contributed by atoms with Crippen molar-refractivity contribution in [3.05, 3.63) is 39.2 Å². The van der Waals surface area contributed by atoms with E-state index < -0.39 is 47.1 Å². The lowest BCUT2D eigenvalue weighted by atomic mass is 9.88. The Kier molecular flexibility index (Phi) is 7.06. The maximum atomic E-state index is 13.0. The number of Topliss-reactive ketones (excluding diaryl/α,β-unsaturated/α-hetero) is 1. The minimum absolute atomic E-state index is 0.0139. The van der Waals surface area contributed by atoms with E-state index in [4.69, 9.17) is 16.3 Å². The van der Waals surface area contributed by atoms with E-state index in [-0.39, 0.29) is 35.3 Å². The van der Waals surface area contributed by atoms with Crippen molar-refractivity contribution in [2.75, 3.05) is 11.9 Å². The van der Waals surface area contributed by atoms with Gasteiger partial charge in [-0.05, 0) is 31.0 Å². The highest BCUT2D eigenvalue weighted by atomic mass is 35.5. The van der Waals surface area contributed by atoms with Crippen LogP contribution >= 0.6 is 11.6 Å². The van der Waals surface area contributed by atoms with Gasteiger partial charge in [0.15, 0.2) is 6.10 Å². The number of nitrogens with one attached hydrogen (secondary N) is 1. The van der Waals surface area contributed by atoms with Crippen LogP contribution in [0.3, 0.4) is 0 Å². The van der Waals surface area contributed by atoms with Crippen molar-refractivity contribution in [1.29, 1.82) is 0 Å². The highest BCUT2D eigenvalue weighted by Gasteiger charge is 2.44. The van der Waals surface area contributed by atoms with Gasteiger partial charge >= 0.3 is 5.97 Å². The van der Waals surface area contributed by atoms with Gasteiger partial charge in [0.25, 0.3) is 5.91 Å². The number of ketones is 1. The first-order valence-electron chi connectivity index (χ1n) is 8.68. The molecule has 1 saturated carbocycles. The second-order valence-electron chi connectivity index (χ2n) is 6.88. The number of rotatable bonds is 7. The Morgan fingerprint density at radius 3 is 2.75 bits per heavy atom. The number of carbonyl (C=O) groups is 3. The molecule has 1 N–H and O–H groups in total. The summed E-state index contributed by atoms with van der Waals surface area (Å²) in [6.07, 6.45) is -1.34. The van der Waals surface area contributed by atoms with E-state index in [1.165, 1.54) is 13.0 Å². The summed E-state index contributed by atoms with van der Waals surface area (Å²) < 4.78 is 18.1. The summed E-state index contributed by atoms with van der Waals surface area (Å²) in [4.78, 5) is 46.7. The summed E-state index contributed by atoms with van der Waals surface area (Å²) in [6, 6.07) is 3.40. The summed E-state index contributed by atoms with van der Waals surface area (Å²) in [5.74, 6) is -3.80. The standard InChI is InChI=1S/C18H20ClFN2O6/c1-9-5-16(23)12(13(9)8-22(26)27)7-17(24)28-10(2)18(25)21-15-4-3-11(20)6-14(15)19/h3-4,6,9-10,12-13H,5,7-8H2,1-2H3,(H,21,25)/t9-,10-,12-,13+/m0/s1. The van der Waals surface area contributed by atoms with Crippen LogP contribution in [-0.2, 0) is 19.1 Å². The second kappa shape index (κ2) is 9.09. The molecule has 1 aliphatic rings. The minimum atomic E-state index is -1.20. The molecule has 0 aromatic heterocycles. The number of esters is 1. The number of anilines is 1. The fraction of sp³-hybridized carbons (Fsp3) is 0.500. The molecule has 1 amide bonds. The molecular weight excluding hydrogens is 395 g/mol. The van der Waals surface area contributed by atoms with Crippen molar-refractivity contribution in [3.8, 4) is 0 Å². The van der Waals surface area contributed by atoms with Gasteiger partial charge in [0, 0.05) is 23.2 Å². The van der Waals surface area contributed by atoms with Crippen LogP contribution < -0.4 is 5.32 Å². The van der Waals surface area contributed by atoms with Crippen LogP contribution in [0.1, 0.15) is 26.7 Å². The molecule has 10 heteroatoms. The predicted octanol–water partition coefficient (Wildman–Crippen LogP) is 2.86. The fourth-order valence-corrected chi connectivity index (χ4v) is 3.52. The van der Waals surface area contributed by atoms with Crippen LogP contribution in [-0.4, -0.2) is 35.2 Å². The summed E-state index contributed by atoms with van der Waals surface area (Å²) in [5, 5.41) is 13.2. The highest BCUT2D eigenvalue weighted by molar-refractivity contribution is 6.33. The number of halogens is 2. The molecule has 1 aliphatic carbocycles. The van der Waals surface area contributed by atoms with E-state index in [0.717, 1.165) is 12.1 Å². The lowest BCUT2D eigenvalue weighted by molar-refractivity contribution is -0.490. The monoisotopic (exact) mass is 414 g/mol. The Hall–Kier alpha value is -2.55. The normalized spacial score (nSPS) is 22.6. The Morgan fingerprint density at radius 1 is 1.46 bits per heavy atom. The van der Waals surface area contributed by atoms with Crippen molar-refractivity contribution >= 4 is 34.9 Å². The zero-order valence-corrected chi connectivity index (χ0v) is 16.1. The number of nitro groups is 1. The Balaban J connectivity index is 1.94. The maximum Gasteiger partial charge on any atom is 0.307 e. The van der Waals surface area contributed by atoms with Crippen LogP contribution in [0.2, 0.25) is 5.02 Å². The largest absolute Gasteiger partial charge is 0.453 e.